The molecule has 22 heavy (non-hydrogen) atoms. The fourth-order valence-electron chi connectivity index (χ4n) is 2.54. The maximum Gasteiger partial charge on any atom is 0.315 e. The number of carboxylic acid groups (broad SMARTS) is 1. The Kier molecular flexibility index (Phi) is 5.35. The summed E-state index contributed by atoms with van der Waals surface area (Å²) in [7, 11) is 0. The second-order valence-corrected chi connectivity index (χ2v) is 5.89. The van der Waals surface area contributed by atoms with Crippen molar-refractivity contribution in [1.29, 1.82) is 0 Å². The van der Waals surface area contributed by atoms with Crippen molar-refractivity contribution in [1.82, 2.24) is 10.6 Å². The predicted molar refractivity (Wildman–Crippen MR) is 80.0 cm³/mol. The number of halogens is 1. The molecule has 1 aliphatic rings. The first kappa shape index (κ1) is 16.3. The first-order chi connectivity index (χ1) is 10.4. The molecule has 1 unspecified atom stereocenters. The highest BCUT2D eigenvalue weighted by Gasteiger charge is 2.35. The second kappa shape index (κ2) is 7.24. The van der Waals surface area contributed by atoms with Crippen molar-refractivity contribution < 1.29 is 19.1 Å². The third-order valence-corrected chi connectivity index (χ3v) is 3.96. The van der Waals surface area contributed by atoms with Crippen LogP contribution in [-0.4, -0.2) is 29.2 Å². The van der Waals surface area contributed by atoms with E-state index >= 15 is 0 Å². The van der Waals surface area contributed by atoms with E-state index in [9.17, 15) is 14.0 Å². The van der Waals surface area contributed by atoms with Crippen LogP contribution in [0.1, 0.15) is 31.7 Å². The van der Waals surface area contributed by atoms with Gasteiger partial charge in [0, 0.05) is 12.1 Å². The molecule has 1 fully saturated rings. The molecule has 6 heteroatoms. The standard InChI is InChI=1S/C16H21FN2O3/c1-10(5-6-11-3-2-4-13(17)7-11)18-16(22)19-14-8-12(9-14)15(20)21/h2-4,7,10,12,14H,5-6,8-9H2,1H3,(H,20,21)(H2,18,19,22). The van der Waals surface area contributed by atoms with Crippen molar-refractivity contribution in [3.63, 3.8) is 0 Å². The summed E-state index contributed by atoms with van der Waals surface area (Å²) in [6.45, 7) is 1.89. The van der Waals surface area contributed by atoms with Gasteiger partial charge in [0.25, 0.3) is 0 Å². The van der Waals surface area contributed by atoms with Crippen LogP contribution in [0.25, 0.3) is 0 Å². The van der Waals surface area contributed by atoms with Crippen LogP contribution in [0.3, 0.4) is 0 Å². The first-order valence-electron chi connectivity index (χ1n) is 7.48. The van der Waals surface area contributed by atoms with Gasteiger partial charge in [-0.15, -0.1) is 0 Å². The van der Waals surface area contributed by atoms with Crippen molar-refractivity contribution in [3.8, 4) is 0 Å². The minimum atomic E-state index is -0.804. The van der Waals surface area contributed by atoms with Gasteiger partial charge in [0.05, 0.1) is 5.92 Å². The molecule has 1 atom stereocenters. The van der Waals surface area contributed by atoms with Crippen LogP contribution in [0, 0.1) is 11.7 Å². The SMILES string of the molecule is CC(CCc1cccc(F)c1)NC(=O)NC1CC(C(=O)O)C1. The molecular formula is C16H21FN2O3. The molecule has 1 saturated carbocycles. The highest BCUT2D eigenvalue weighted by Crippen LogP contribution is 2.27. The smallest absolute Gasteiger partial charge is 0.315 e. The first-order valence-corrected chi connectivity index (χ1v) is 7.48. The molecule has 5 nitrogen and oxygen atoms in total. The number of aryl methyl sites for hydroxylation is 1. The van der Waals surface area contributed by atoms with Gasteiger partial charge in [0.1, 0.15) is 5.82 Å². The molecule has 0 aromatic heterocycles. The number of urea groups is 1. The van der Waals surface area contributed by atoms with Crippen molar-refractivity contribution >= 4 is 12.0 Å². The number of carbonyl (C=O) groups is 2. The van der Waals surface area contributed by atoms with E-state index in [0.29, 0.717) is 25.7 Å². The Bertz CT molecular complexity index is 544. The van der Waals surface area contributed by atoms with Crippen molar-refractivity contribution in [2.24, 2.45) is 5.92 Å². The molecule has 1 aromatic rings. The van der Waals surface area contributed by atoms with Gasteiger partial charge in [-0.3, -0.25) is 4.79 Å². The minimum absolute atomic E-state index is 0.0429. The summed E-state index contributed by atoms with van der Waals surface area (Å²) < 4.78 is 13.1. The number of carboxylic acids is 1. The van der Waals surface area contributed by atoms with Gasteiger partial charge in [-0.25, -0.2) is 9.18 Å². The predicted octanol–water partition coefficient (Wildman–Crippen LogP) is 2.31. The molecule has 0 heterocycles. The summed E-state index contributed by atoms with van der Waals surface area (Å²) in [4.78, 5) is 22.4. The molecule has 1 aliphatic carbocycles. The molecule has 2 amide bonds. The lowest BCUT2D eigenvalue weighted by atomic mass is 9.80. The Labute approximate surface area is 128 Å². The Morgan fingerprint density at radius 2 is 2.14 bits per heavy atom. The van der Waals surface area contributed by atoms with Gasteiger partial charge in [-0.2, -0.15) is 0 Å². The zero-order chi connectivity index (χ0) is 16.1. The topological polar surface area (TPSA) is 78.4 Å². The van der Waals surface area contributed by atoms with E-state index in [1.54, 1.807) is 6.07 Å². The molecule has 0 aliphatic heterocycles. The Morgan fingerprint density at radius 3 is 2.77 bits per heavy atom. The fourth-order valence-corrected chi connectivity index (χ4v) is 2.54. The van der Waals surface area contributed by atoms with E-state index in [1.807, 2.05) is 13.0 Å². The zero-order valence-electron chi connectivity index (χ0n) is 12.5. The molecule has 0 radical (unpaired) electrons. The number of nitrogens with one attached hydrogen (secondary N) is 2. The lowest BCUT2D eigenvalue weighted by Gasteiger charge is -2.33. The van der Waals surface area contributed by atoms with Gasteiger partial charge in [-0.1, -0.05) is 12.1 Å². The molecule has 0 spiro atoms. The van der Waals surface area contributed by atoms with Gasteiger partial charge in [0.15, 0.2) is 0 Å². The number of benzene rings is 1. The second-order valence-electron chi connectivity index (χ2n) is 5.89. The van der Waals surface area contributed by atoms with E-state index < -0.39 is 5.97 Å². The molecule has 0 saturated heterocycles. The third-order valence-electron chi connectivity index (χ3n) is 3.96. The number of rotatable bonds is 6. The van der Waals surface area contributed by atoms with Gasteiger partial charge in [-0.05, 0) is 50.3 Å². The maximum absolute atomic E-state index is 13.1. The summed E-state index contributed by atoms with van der Waals surface area (Å²) in [5.74, 6) is -1.40. The number of aliphatic carboxylic acids is 1. The summed E-state index contributed by atoms with van der Waals surface area (Å²) in [5.41, 5.74) is 0.900. The maximum atomic E-state index is 13.1. The highest BCUT2D eigenvalue weighted by molar-refractivity contribution is 5.76. The van der Waals surface area contributed by atoms with Gasteiger partial charge < -0.3 is 15.7 Å². The lowest BCUT2D eigenvalue weighted by molar-refractivity contribution is -0.145. The van der Waals surface area contributed by atoms with Gasteiger partial charge >= 0.3 is 12.0 Å². The van der Waals surface area contributed by atoms with Crippen LogP contribution in [-0.2, 0) is 11.2 Å². The van der Waals surface area contributed by atoms with Crippen LogP contribution in [0.5, 0.6) is 0 Å². The number of hydrogen-bond acceptors (Lipinski definition) is 2. The average Bonchev–Trinajstić information content (AvgIpc) is 2.40. The zero-order valence-corrected chi connectivity index (χ0v) is 12.5. The molecule has 3 N–H and O–H groups in total. The third kappa shape index (κ3) is 4.72. The van der Waals surface area contributed by atoms with Crippen LogP contribution in [0.4, 0.5) is 9.18 Å². The minimum Gasteiger partial charge on any atom is -0.481 e. The molecule has 2 rings (SSSR count). The lowest BCUT2D eigenvalue weighted by Crippen LogP contribution is -2.51. The van der Waals surface area contributed by atoms with Crippen molar-refractivity contribution in [3.05, 3.63) is 35.6 Å². The highest BCUT2D eigenvalue weighted by atomic mass is 19.1. The number of hydrogen-bond donors (Lipinski definition) is 3. The fraction of sp³-hybridized carbons (Fsp3) is 0.500. The number of amides is 2. The van der Waals surface area contributed by atoms with E-state index in [2.05, 4.69) is 10.6 Å². The van der Waals surface area contributed by atoms with Crippen molar-refractivity contribution in [2.45, 2.75) is 44.7 Å². The van der Waals surface area contributed by atoms with Crippen molar-refractivity contribution in [2.75, 3.05) is 0 Å². The average molecular weight is 308 g/mol. The molecule has 120 valence electrons. The van der Waals surface area contributed by atoms with Crippen LogP contribution < -0.4 is 10.6 Å². The normalized spacial score (nSPS) is 21.5. The van der Waals surface area contributed by atoms with E-state index in [-0.39, 0.29) is 29.8 Å². The largest absolute Gasteiger partial charge is 0.481 e. The number of carbonyl (C=O) groups excluding carboxylic acids is 1. The molecular weight excluding hydrogens is 287 g/mol. The summed E-state index contributed by atoms with van der Waals surface area (Å²) in [5, 5.41) is 14.4. The van der Waals surface area contributed by atoms with Gasteiger partial charge in [0.2, 0.25) is 0 Å². The monoisotopic (exact) mass is 308 g/mol. The quantitative estimate of drug-likeness (QED) is 0.754. The Balaban J connectivity index is 1.65. The summed E-state index contributed by atoms with van der Waals surface area (Å²) in [6.07, 6.45) is 2.36. The Morgan fingerprint density at radius 1 is 1.41 bits per heavy atom. The van der Waals surface area contributed by atoms with E-state index in [1.165, 1.54) is 12.1 Å². The summed E-state index contributed by atoms with van der Waals surface area (Å²) >= 11 is 0. The van der Waals surface area contributed by atoms with Crippen LogP contribution in [0.15, 0.2) is 24.3 Å². The Hall–Kier alpha value is -2.11. The summed E-state index contributed by atoms with van der Waals surface area (Å²) in [6, 6.07) is 6.05. The molecule has 1 aromatic carbocycles. The molecule has 0 bridgehead atoms. The van der Waals surface area contributed by atoms with Crippen LogP contribution >= 0.6 is 0 Å². The van der Waals surface area contributed by atoms with Crippen LogP contribution in [0.2, 0.25) is 0 Å². The van der Waals surface area contributed by atoms with E-state index in [0.717, 1.165) is 5.56 Å². The van der Waals surface area contributed by atoms with E-state index in [4.69, 9.17) is 5.11 Å².